The van der Waals surface area contributed by atoms with Gasteiger partial charge in [-0.2, -0.15) is 0 Å². The van der Waals surface area contributed by atoms with E-state index < -0.39 is 0 Å². The molecule has 1 fully saturated rings. The fourth-order valence-electron chi connectivity index (χ4n) is 3.97. The summed E-state index contributed by atoms with van der Waals surface area (Å²) in [5.74, 6) is 0.703. The van der Waals surface area contributed by atoms with Gasteiger partial charge in [0, 0.05) is 44.1 Å². The fraction of sp³-hybridized carbons (Fsp3) is 0.429. The van der Waals surface area contributed by atoms with E-state index in [4.69, 9.17) is 4.42 Å². The van der Waals surface area contributed by atoms with Gasteiger partial charge >= 0.3 is 0 Å². The Labute approximate surface area is 157 Å². The number of fused-ring (bicyclic) bond motifs is 1. The number of benzene rings is 1. The molecule has 2 aromatic rings. The monoisotopic (exact) mass is 370 g/mol. The van der Waals surface area contributed by atoms with Crippen LogP contribution >= 0.6 is 0 Å². The topological polar surface area (TPSA) is 53.8 Å². The van der Waals surface area contributed by atoms with E-state index in [9.17, 15) is 14.0 Å². The van der Waals surface area contributed by atoms with E-state index in [0.717, 1.165) is 50.2 Å². The van der Waals surface area contributed by atoms with Crippen molar-refractivity contribution in [2.75, 3.05) is 32.7 Å². The van der Waals surface area contributed by atoms with E-state index in [1.165, 1.54) is 24.3 Å². The summed E-state index contributed by atoms with van der Waals surface area (Å²) in [7, 11) is 0. The minimum Gasteiger partial charge on any atom is -0.469 e. The number of halogens is 1. The Morgan fingerprint density at radius 2 is 1.85 bits per heavy atom. The highest BCUT2D eigenvalue weighted by Gasteiger charge is 2.30. The maximum absolute atomic E-state index is 13.0. The summed E-state index contributed by atoms with van der Waals surface area (Å²) in [4.78, 5) is 29.1. The Kier molecular flexibility index (Phi) is 5.07. The number of nitrogens with zero attached hydrogens (tertiary/aromatic N) is 2. The Hall–Kier alpha value is -2.47. The standard InChI is InChI=1S/C21H23FN2O3/c22-17-4-1-16(2-5-17)21(26)24-12-10-23(11-13-24)9-7-15-3-6-19-18(20(15)25)8-14-27-19/h1-2,4-5,8,14-15H,3,6-7,9-13H2. The lowest BCUT2D eigenvalue weighted by molar-refractivity contribution is 0.0626. The van der Waals surface area contributed by atoms with Gasteiger partial charge in [0.15, 0.2) is 5.78 Å². The molecule has 1 saturated heterocycles. The third-order valence-corrected chi connectivity index (χ3v) is 5.65. The molecule has 1 aliphatic heterocycles. The van der Waals surface area contributed by atoms with Crippen LogP contribution in [-0.2, 0) is 6.42 Å². The van der Waals surface area contributed by atoms with Crippen LogP contribution in [0.2, 0.25) is 0 Å². The molecule has 0 radical (unpaired) electrons. The summed E-state index contributed by atoms with van der Waals surface area (Å²) in [6.45, 7) is 3.76. The first-order valence-corrected chi connectivity index (χ1v) is 9.49. The second-order valence-corrected chi connectivity index (χ2v) is 7.29. The summed E-state index contributed by atoms with van der Waals surface area (Å²) in [6, 6.07) is 7.47. The van der Waals surface area contributed by atoms with Crippen LogP contribution in [0.1, 0.15) is 39.3 Å². The summed E-state index contributed by atoms with van der Waals surface area (Å²) < 4.78 is 18.4. The molecule has 0 spiro atoms. The number of Topliss-reactive ketones (excluding diaryl/α,β-unsaturated/α-hetero) is 1. The average molecular weight is 370 g/mol. The molecule has 1 aromatic carbocycles. The van der Waals surface area contributed by atoms with Crippen molar-refractivity contribution < 1.29 is 18.4 Å². The molecule has 5 nitrogen and oxygen atoms in total. The number of carbonyl (C=O) groups excluding carboxylic acids is 2. The highest BCUT2D eigenvalue weighted by atomic mass is 19.1. The lowest BCUT2D eigenvalue weighted by Crippen LogP contribution is -2.49. The van der Waals surface area contributed by atoms with Gasteiger partial charge in [-0.05, 0) is 49.7 Å². The number of piperazine rings is 1. The van der Waals surface area contributed by atoms with E-state index in [2.05, 4.69) is 4.90 Å². The highest BCUT2D eigenvalue weighted by Crippen LogP contribution is 2.28. The maximum Gasteiger partial charge on any atom is 0.253 e. The molecule has 1 aromatic heterocycles. The zero-order valence-corrected chi connectivity index (χ0v) is 15.2. The quantitative estimate of drug-likeness (QED) is 0.830. The molecule has 0 bridgehead atoms. The average Bonchev–Trinajstić information content (AvgIpc) is 3.18. The van der Waals surface area contributed by atoms with Gasteiger partial charge in [-0.25, -0.2) is 4.39 Å². The summed E-state index contributed by atoms with van der Waals surface area (Å²) in [5.41, 5.74) is 1.27. The molecule has 1 unspecified atom stereocenters. The van der Waals surface area contributed by atoms with E-state index in [1.54, 1.807) is 12.3 Å². The van der Waals surface area contributed by atoms with Crippen molar-refractivity contribution in [1.82, 2.24) is 9.80 Å². The van der Waals surface area contributed by atoms with Crippen LogP contribution in [0.5, 0.6) is 0 Å². The van der Waals surface area contributed by atoms with Crippen molar-refractivity contribution >= 4 is 11.7 Å². The minimum absolute atomic E-state index is 0.0513. The molecule has 1 aliphatic carbocycles. The Balaban J connectivity index is 1.26. The number of rotatable bonds is 4. The molecule has 2 aliphatic rings. The molecule has 1 amide bonds. The number of furan rings is 1. The van der Waals surface area contributed by atoms with Gasteiger partial charge in [-0.15, -0.1) is 0 Å². The van der Waals surface area contributed by atoms with Gasteiger partial charge in [0.05, 0.1) is 11.8 Å². The number of carbonyl (C=O) groups is 2. The zero-order chi connectivity index (χ0) is 18.8. The van der Waals surface area contributed by atoms with Gasteiger partial charge in [-0.3, -0.25) is 14.5 Å². The smallest absolute Gasteiger partial charge is 0.253 e. The lowest BCUT2D eigenvalue weighted by Gasteiger charge is -2.35. The van der Waals surface area contributed by atoms with Crippen LogP contribution in [0.15, 0.2) is 41.0 Å². The normalized spacial score (nSPS) is 20.6. The molecule has 27 heavy (non-hydrogen) atoms. The molecule has 142 valence electrons. The van der Waals surface area contributed by atoms with Crippen LogP contribution in [0.3, 0.4) is 0 Å². The van der Waals surface area contributed by atoms with Crippen LogP contribution in [0, 0.1) is 11.7 Å². The first kappa shape index (κ1) is 17.9. The number of hydrogen-bond acceptors (Lipinski definition) is 4. The van der Waals surface area contributed by atoms with Gasteiger partial charge in [-0.1, -0.05) is 0 Å². The van der Waals surface area contributed by atoms with E-state index in [0.29, 0.717) is 18.7 Å². The number of aryl methyl sites for hydroxylation is 1. The SMILES string of the molecule is O=C1c2ccoc2CCC1CCN1CCN(C(=O)c2ccc(F)cc2)CC1. The summed E-state index contributed by atoms with van der Waals surface area (Å²) in [6.07, 6.45) is 4.12. The number of hydrogen-bond donors (Lipinski definition) is 0. The molecule has 2 heterocycles. The van der Waals surface area contributed by atoms with Crippen LogP contribution < -0.4 is 0 Å². The second kappa shape index (κ2) is 7.64. The zero-order valence-electron chi connectivity index (χ0n) is 15.2. The van der Waals surface area contributed by atoms with E-state index in [-0.39, 0.29) is 23.4 Å². The number of amides is 1. The fourth-order valence-corrected chi connectivity index (χ4v) is 3.97. The first-order valence-electron chi connectivity index (χ1n) is 9.49. The maximum atomic E-state index is 13.0. The lowest BCUT2D eigenvalue weighted by atomic mass is 9.84. The highest BCUT2D eigenvalue weighted by molar-refractivity contribution is 5.99. The van der Waals surface area contributed by atoms with Crippen LogP contribution in [0.4, 0.5) is 4.39 Å². The van der Waals surface area contributed by atoms with E-state index >= 15 is 0 Å². The molecule has 6 heteroatoms. The molecule has 4 rings (SSSR count). The van der Waals surface area contributed by atoms with Crippen LogP contribution in [-0.4, -0.2) is 54.2 Å². The van der Waals surface area contributed by atoms with Gasteiger partial charge < -0.3 is 9.32 Å². The molecule has 1 atom stereocenters. The third-order valence-electron chi connectivity index (χ3n) is 5.65. The van der Waals surface area contributed by atoms with Gasteiger partial charge in [0.1, 0.15) is 11.6 Å². The summed E-state index contributed by atoms with van der Waals surface area (Å²) >= 11 is 0. The summed E-state index contributed by atoms with van der Waals surface area (Å²) in [5, 5.41) is 0. The first-order chi connectivity index (χ1) is 13.1. The van der Waals surface area contributed by atoms with Crippen molar-refractivity contribution in [3.8, 4) is 0 Å². The van der Waals surface area contributed by atoms with Crippen LogP contribution in [0.25, 0.3) is 0 Å². The number of ketones is 1. The minimum atomic E-state index is -0.337. The third kappa shape index (κ3) is 3.81. The largest absolute Gasteiger partial charge is 0.469 e. The molecule has 0 N–H and O–H groups in total. The van der Waals surface area contributed by atoms with Gasteiger partial charge in [0.2, 0.25) is 0 Å². The van der Waals surface area contributed by atoms with Crippen molar-refractivity contribution in [2.45, 2.75) is 19.3 Å². The molecular weight excluding hydrogens is 347 g/mol. The van der Waals surface area contributed by atoms with Crippen molar-refractivity contribution in [1.29, 1.82) is 0 Å². The predicted octanol–water partition coefficient (Wildman–Crippen LogP) is 3.01. The van der Waals surface area contributed by atoms with E-state index in [1.807, 2.05) is 4.90 Å². The van der Waals surface area contributed by atoms with Crippen molar-refractivity contribution in [2.24, 2.45) is 5.92 Å². The Morgan fingerprint density at radius 1 is 1.11 bits per heavy atom. The predicted molar refractivity (Wildman–Crippen MR) is 98.2 cm³/mol. The Bertz CT molecular complexity index is 822. The molecular formula is C21H23FN2O3. The molecule has 0 saturated carbocycles. The Morgan fingerprint density at radius 3 is 2.59 bits per heavy atom. The van der Waals surface area contributed by atoms with Crippen molar-refractivity contribution in [3.63, 3.8) is 0 Å². The van der Waals surface area contributed by atoms with Crippen molar-refractivity contribution in [3.05, 3.63) is 59.3 Å². The van der Waals surface area contributed by atoms with Gasteiger partial charge in [0.25, 0.3) is 5.91 Å². The second-order valence-electron chi connectivity index (χ2n) is 7.29.